The van der Waals surface area contributed by atoms with E-state index < -0.39 is 0 Å². The second-order valence-electron chi connectivity index (χ2n) is 4.32. The van der Waals surface area contributed by atoms with Gasteiger partial charge in [-0.15, -0.1) is 0 Å². The summed E-state index contributed by atoms with van der Waals surface area (Å²) >= 11 is 3.48. The first-order valence-electron chi connectivity index (χ1n) is 5.53. The van der Waals surface area contributed by atoms with E-state index in [1.165, 1.54) is 5.56 Å². The van der Waals surface area contributed by atoms with Crippen molar-refractivity contribution in [1.82, 2.24) is 0 Å². The molecule has 0 saturated heterocycles. The van der Waals surface area contributed by atoms with Gasteiger partial charge in [-0.25, -0.2) is 0 Å². The normalized spacial score (nSPS) is 20.1. The van der Waals surface area contributed by atoms with Crippen LogP contribution in [0.5, 0.6) is 5.75 Å². The second kappa shape index (κ2) is 5.00. The molecule has 16 heavy (non-hydrogen) atoms. The molecule has 1 aliphatic rings. The van der Waals surface area contributed by atoms with Crippen molar-refractivity contribution in [3.8, 4) is 5.75 Å². The highest BCUT2D eigenvalue weighted by atomic mass is 79.9. The third kappa shape index (κ3) is 2.64. The van der Waals surface area contributed by atoms with Crippen LogP contribution in [0.15, 0.2) is 22.7 Å². The van der Waals surface area contributed by atoms with Crippen LogP contribution in [0.2, 0.25) is 0 Å². The Morgan fingerprint density at radius 2 is 2.31 bits per heavy atom. The number of rotatable bonds is 3. The van der Waals surface area contributed by atoms with Crippen LogP contribution in [-0.2, 0) is 11.2 Å². The molecule has 2 rings (SSSR count). The number of carbonyl (C=O) groups excluding carboxylic acids is 1. The van der Waals surface area contributed by atoms with Crippen molar-refractivity contribution in [2.24, 2.45) is 5.92 Å². The van der Waals surface area contributed by atoms with Crippen LogP contribution in [0, 0.1) is 5.92 Å². The van der Waals surface area contributed by atoms with Crippen LogP contribution >= 0.6 is 15.9 Å². The molecule has 0 aromatic heterocycles. The summed E-state index contributed by atoms with van der Waals surface area (Å²) in [6.45, 7) is 0. The number of benzene rings is 1. The Morgan fingerprint density at radius 3 is 2.88 bits per heavy atom. The summed E-state index contributed by atoms with van der Waals surface area (Å²) in [6.07, 6.45) is 3.56. The standard InChI is InChI=1S/C13H15BrO2/c1-16-13-5-3-10(8-12(13)14)6-9-2-4-11(15)7-9/h3,5,8-9H,2,4,6-7H2,1H3. The second-order valence-corrected chi connectivity index (χ2v) is 5.17. The molecule has 86 valence electrons. The first-order chi connectivity index (χ1) is 7.69. The van der Waals surface area contributed by atoms with Crippen molar-refractivity contribution in [2.75, 3.05) is 7.11 Å². The van der Waals surface area contributed by atoms with Gasteiger partial charge in [0.05, 0.1) is 11.6 Å². The molecular weight excluding hydrogens is 268 g/mol. The highest BCUT2D eigenvalue weighted by Gasteiger charge is 2.22. The molecule has 0 N–H and O–H groups in total. The summed E-state index contributed by atoms with van der Waals surface area (Å²) in [5, 5.41) is 0. The zero-order valence-electron chi connectivity index (χ0n) is 9.33. The van der Waals surface area contributed by atoms with Gasteiger partial charge in [0.15, 0.2) is 0 Å². The van der Waals surface area contributed by atoms with Gasteiger partial charge in [0.1, 0.15) is 11.5 Å². The SMILES string of the molecule is COc1ccc(CC2CCC(=O)C2)cc1Br. The van der Waals surface area contributed by atoms with E-state index in [2.05, 4.69) is 28.1 Å². The average molecular weight is 283 g/mol. The highest BCUT2D eigenvalue weighted by molar-refractivity contribution is 9.10. The molecule has 1 aliphatic carbocycles. The number of hydrogen-bond donors (Lipinski definition) is 0. The summed E-state index contributed by atoms with van der Waals surface area (Å²) in [5.74, 6) is 1.80. The molecule has 0 spiro atoms. The third-order valence-electron chi connectivity index (χ3n) is 3.09. The zero-order chi connectivity index (χ0) is 11.5. The fraction of sp³-hybridized carbons (Fsp3) is 0.462. The predicted octanol–water partition coefficient (Wildman–Crippen LogP) is 3.37. The van der Waals surface area contributed by atoms with Gasteiger partial charge >= 0.3 is 0 Å². The number of methoxy groups -OCH3 is 1. The van der Waals surface area contributed by atoms with Gasteiger partial charge in [-0.3, -0.25) is 4.79 Å². The molecule has 1 saturated carbocycles. The van der Waals surface area contributed by atoms with Crippen LogP contribution in [0.4, 0.5) is 0 Å². The molecule has 0 radical (unpaired) electrons. The lowest BCUT2D eigenvalue weighted by Gasteiger charge is -2.10. The van der Waals surface area contributed by atoms with Crippen LogP contribution in [0.1, 0.15) is 24.8 Å². The van der Waals surface area contributed by atoms with Crippen LogP contribution in [-0.4, -0.2) is 12.9 Å². The Balaban J connectivity index is 2.04. The van der Waals surface area contributed by atoms with Gasteiger partial charge in [-0.2, -0.15) is 0 Å². The summed E-state index contributed by atoms with van der Waals surface area (Å²) in [7, 11) is 1.66. The van der Waals surface area contributed by atoms with Crippen molar-refractivity contribution in [3.63, 3.8) is 0 Å². The number of hydrogen-bond acceptors (Lipinski definition) is 2. The summed E-state index contributed by atoms with van der Waals surface area (Å²) in [6, 6.07) is 6.13. The first kappa shape index (κ1) is 11.6. The summed E-state index contributed by atoms with van der Waals surface area (Å²) < 4.78 is 6.17. The molecule has 1 aromatic rings. The van der Waals surface area contributed by atoms with E-state index in [0.717, 1.165) is 35.9 Å². The van der Waals surface area contributed by atoms with E-state index in [9.17, 15) is 4.79 Å². The van der Waals surface area contributed by atoms with Crippen molar-refractivity contribution >= 4 is 21.7 Å². The monoisotopic (exact) mass is 282 g/mol. The van der Waals surface area contributed by atoms with E-state index in [4.69, 9.17) is 4.74 Å². The van der Waals surface area contributed by atoms with Crippen LogP contribution in [0.3, 0.4) is 0 Å². The van der Waals surface area contributed by atoms with Gasteiger partial charge < -0.3 is 4.74 Å². The van der Waals surface area contributed by atoms with Crippen molar-refractivity contribution in [3.05, 3.63) is 28.2 Å². The van der Waals surface area contributed by atoms with E-state index in [0.29, 0.717) is 11.7 Å². The van der Waals surface area contributed by atoms with Crippen molar-refractivity contribution < 1.29 is 9.53 Å². The molecule has 1 atom stereocenters. The van der Waals surface area contributed by atoms with E-state index in [1.54, 1.807) is 7.11 Å². The number of Topliss-reactive ketones (excluding diaryl/α,β-unsaturated/α-hetero) is 1. The molecule has 1 aromatic carbocycles. The quantitative estimate of drug-likeness (QED) is 0.850. The number of halogens is 1. The Hall–Kier alpha value is -0.830. The molecule has 2 nitrogen and oxygen atoms in total. The fourth-order valence-electron chi connectivity index (χ4n) is 2.24. The van der Waals surface area contributed by atoms with Crippen LogP contribution < -0.4 is 4.74 Å². The third-order valence-corrected chi connectivity index (χ3v) is 3.71. The largest absolute Gasteiger partial charge is 0.496 e. The lowest BCUT2D eigenvalue weighted by molar-refractivity contribution is -0.117. The number of ketones is 1. The maximum absolute atomic E-state index is 11.2. The summed E-state index contributed by atoms with van der Waals surface area (Å²) in [4.78, 5) is 11.2. The fourth-order valence-corrected chi connectivity index (χ4v) is 2.82. The van der Waals surface area contributed by atoms with Gasteiger partial charge in [0.25, 0.3) is 0 Å². The van der Waals surface area contributed by atoms with Gasteiger partial charge in [0.2, 0.25) is 0 Å². The zero-order valence-corrected chi connectivity index (χ0v) is 10.9. The molecule has 0 heterocycles. The predicted molar refractivity (Wildman–Crippen MR) is 66.7 cm³/mol. The summed E-state index contributed by atoms with van der Waals surface area (Å²) in [5.41, 5.74) is 1.27. The number of carbonyl (C=O) groups is 1. The molecule has 0 amide bonds. The van der Waals surface area contributed by atoms with Gasteiger partial charge in [0, 0.05) is 12.8 Å². The minimum atomic E-state index is 0.414. The van der Waals surface area contributed by atoms with Crippen molar-refractivity contribution in [1.29, 1.82) is 0 Å². The van der Waals surface area contributed by atoms with E-state index in [1.807, 2.05) is 6.07 Å². The van der Waals surface area contributed by atoms with Gasteiger partial charge in [-0.1, -0.05) is 6.07 Å². The Kier molecular flexibility index (Phi) is 3.64. The van der Waals surface area contributed by atoms with E-state index in [-0.39, 0.29) is 0 Å². The Bertz CT molecular complexity index is 401. The molecule has 0 aliphatic heterocycles. The minimum absolute atomic E-state index is 0.414. The van der Waals surface area contributed by atoms with Crippen molar-refractivity contribution in [2.45, 2.75) is 25.7 Å². The maximum Gasteiger partial charge on any atom is 0.133 e. The lowest BCUT2D eigenvalue weighted by atomic mass is 9.98. The minimum Gasteiger partial charge on any atom is -0.496 e. The van der Waals surface area contributed by atoms with E-state index >= 15 is 0 Å². The lowest BCUT2D eigenvalue weighted by Crippen LogP contribution is -2.00. The number of ether oxygens (including phenoxy) is 1. The van der Waals surface area contributed by atoms with Crippen LogP contribution in [0.25, 0.3) is 0 Å². The van der Waals surface area contributed by atoms with Gasteiger partial charge in [-0.05, 0) is 52.4 Å². The molecule has 1 unspecified atom stereocenters. The molecule has 3 heteroatoms. The first-order valence-corrected chi connectivity index (χ1v) is 6.32. The highest BCUT2D eigenvalue weighted by Crippen LogP contribution is 2.30. The topological polar surface area (TPSA) is 26.3 Å². The Morgan fingerprint density at radius 1 is 1.50 bits per heavy atom. The molecular formula is C13H15BrO2. The average Bonchev–Trinajstić information content (AvgIpc) is 2.64. The molecule has 0 bridgehead atoms. The molecule has 1 fully saturated rings. The Labute approximate surface area is 104 Å². The maximum atomic E-state index is 11.2. The smallest absolute Gasteiger partial charge is 0.133 e.